The summed E-state index contributed by atoms with van der Waals surface area (Å²) in [5.74, 6) is 0.793. The van der Waals surface area contributed by atoms with Gasteiger partial charge in [-0.15, -0.1) is 0 Å². The summed E-state index contributed by atoms with van der Waals surface area (Å²) < 4.78 is 0. The van der Waals surface area contributed by atoms with Gasteiger partial charge in [0.1, 0.15) is 0 Å². The quantitative estimate of drug-likeness (QED) is 0.539. The van der Waals surface area contributed by atoms with Crippen LogP contribution in [-0.2, 0) is 4.79 Å². The molecule has 0 aliphatic carbocycles. The molecule has 0 unspecified atom stereocenters. The Morgan fingerprint density at radius 1 is 1.21 bits per heavy atom. The summed E-state index contributed by atoms with van der Waals surface area (Å²) in [4.78, 5) is 16.1. The number of thiocarbonyl (C=S) groups is 1. The first-order chi connectivity index (χ1) is 13.9. The van der Waals surface area contributed by atoms with Gasteiger partial charge >= 0.3 is 0 Å². The maximum atomic E-state index is 12.5. The molecule has 1 aromatic rings. The van der Waals surface area contributed by atoms with E-state index < -0.39 is 0 Å². The van der Waals surface area contributed by atoms with E-state index >= 15 is 0 Å². The van der Waals surface area contributed by atoms with E-state index in [1.165, 1.54) is 30.6 Å². The molecule has 1 aromatic carbocycles. The molecule has 1 atom stereocenters. The second-order valence-electron chi connectivity index (χ2n) is 8.33. The highest BCUT2D eigenvalue weighted by atomic mass is 32.1. The van der Waals surface area contributed by atoms with Crippen molar-refractivity contribution in [2.45, 2.75) is 53.4 Å². The van der Waals surface area contributed by atoms with Gasteiger partial charge in [-0.05, 0) is 49.5 Å². The van der Waals surface area contributed by atoms with E-state index in [0.717, 1.165) is 54.7 Å². The molecular weight excluding hydrogens is 380 g/mol. The summed E-state index contributed by atoms with van der Waals surface area (Å²) in [7, 11) is 0. The average molecular weight is 420 g/mol. The first-order valence-corrected chi connectivity index (χ1v) is 11.6. The zero-order valence-corrected chi connectivity index (χ0v) is 19.5. The monoisotopic (exact) mass is 419 g/mol. The number of rotatable bonds is 9. The minimum Gasteiger partial charge on any atom is -0.362 e. The zero-order chi connectivity index (χ0) is 21.2. The summed E-state index contributed by atoms with van der Waals surface area (Å²) >= 11 is 5.62. The Kier molecular flexibility index (Phi) is 9.88. The van der Waals surface area contributed by atoms with Gasteiger partial charge in [0, 0.05) is 12.2 Å². The van der Waals surface area contributed by atoms with E-state index in [9.17, 15) is 4.79 Å². The molecule has 0 bridgehead atoms. The van der Waals surface area contributed by atoms with Gasteiger partial charge in [-0.3, -0.25) is 4.79 Å². The lowest BCUT2D eigenvalue weighted by Crippen LogP contribution is -3.15. The Balaban J connectivity index is 1.73. The third kappa shape index (κ3) is 7.59. The number of benzene rings is 1. The van der Waals surface area contributed by atoms with Crippen molar-refractivity contribution >= 4 is 28.9 Å². The van der Waals surface area contributed by atoms with Crippen molar-refractivity contribution in [3.05, 3.63) is 29.3 Å². The third-order valence-corrected chi connectivity index (χ3v) is 6.40. The summed E-state index contributed by atoms with van der Waals surface area (Å²) in [5.41, 5.74) is 3.17. The molecule has 6 heteroatoms. The number of piperazine rings is 1. The molecule has 3 N–H and O–H groups in total. The molecule has 2 rings (SSSR count). The fraction of sp³-hybridized carbons (Fsp3) is 0.652. The number of carbonyl (C=O) groups excluding carboxylic acids is 1. The van der Waals surface area contributed by atoms with Gasteiger partial charge in [-0.1, -0.05) is 51.3 Å². The Morgan fingerprint density at radius 2 is 1.86 bits per heavy atom. The van der Waals surface area contributed by atoms with Crippen LogP contribution in [0, 0.1) is 19.8 Å². The van der Waals surface area contributed by atoms with Gasteiger partial charge in [0.05, 0.1) is 26.2 Å². The number of unbranched alkanes of at least 4 members (excludes halogenated alkanes) is 1. The molecular formula is C23H39N4OS+. The molecule has 1 aliphatic heterocycles. The van der Waals surface area contributed by atoms with E-state index in [1.807, 2.05) is 32.0 Å². The summed E-state index contributed by atoms with van der Waals surface area (Å²) in [6.45, 7) is 13.8. The third-order valence-electron chi connectivity index (χ3n) is 6.00. The van der Waals surface area contributed by atoms with Crippen molar-refractivity contribution in [2.75, 3.05) is 44.6 Å². The number of aryl methyl sites for hydroxylation is 2. The van der Waals surface area contributed by atoms with E-state index in [4.69, 9.17) is 12.2 Å². The lowest BCUT2D eigenvalue weighted by molar-refractivity contribution is -0.895. The van der Waals surface area contributed by atoms with Crippen LogP contribution in [0.3, 0.4) is 0 Å². The first kappa shape index (κ1) is 23.6. The molecule has 1 fully saturated rings. The van der Waals surface area contributed by atoms with Gasteiger partial charge < -0.3 is 20.4 Å². The van der Waals surface area contributed by atoms with Gasteiger partial charge in [-0.25, -0.2) is 0 Å². The SMILES string of the molecule is CCCC[C@@H](CC)CNC(=S)N1CC[NH+](CC(=O)Nc2c(C)cccc2C)CC1. The largest absolute Gasteiger partial charge is 0.362 e. The Hall–Kier alpha value is -1.66. The van der Waals surface area contributed by atoms with Crippen LogP contribution in [-0.4, -0.2) is 55.2 Å². The second-order valence-corrected chi connectivity index (χ2v) is 8.72. The van der Waals surface area contributed by atoms with Crippen LogP contribution in [0.2, 0.25) is 0 Å². The first-order valence-electron chi connectivity index (χ1n) is 11.2. The summed E-state index contributed by atoms with van der Waals surface area (Å²) in [6.07, 6.45) is 5.01. The van der Waals surface area contributed by atoms with Crippen LogP contribution in [0.4, 0.5) is 5.69 Å². The van der Waals surface area contributed by atoms with E-state index in [-0.39, 0.29) is 5.91 Å². The van der Waals surface area contributed by atoms with Crippen molar-refractivity contribution in [1.29, 1.82) is 0 Å². The van der Waals surface area contributed by atoms with Gasteiger partial charge in [0.2, 0.25) is 0 Å². The Labute approximate surface area is 182 Å². The topological polar surface area (TPSA) is 48.8 Å². The lowest BCUT2D eigenvalue weighted by Gasteiger charge is -2.34. The van der Waals surface area contributed by atoms with Gasteiger partial charge in [0.25, 0.3) is 5.91 Å². The van der Waals surface area contributed by atoms with Crippen LogP contribution >= 0.6 is 12.2 Å². The summed E-state index contributed by atoms with van der Waals surface area (Å²) in [6, 6.07) is 6.09. The highest BCUT2D eigenvalue weighted by Crippen LogP contribution is 2.18. The zero-order valence-electron chi connectivity index (χ0n) is 18.6. The van der Waals surface area contributed by atoms with Crippen LogP contribution in [0.25, 0.3) is 0 Å². The average Bonchev–Trinajstić information content (AvgIpc) is 2.71. The number of carbonyl (C=O) groups is 1. The molecule has 1 heterocycles. The molecule has 162 valence electrons. The number of nitrogens with zero attached hydrogens (tertiary/aromatic N) is 1. The van der Waals surface area contributed by atoms with Crippen molar-refractivity contribution in [1.82, 2.24) is 10.2 Å². The number of quaternary nitrogens is 1. The number of anilines is 1. The molecule has 5 nitrogen and oxygen atoms in total. The van der Waals surface area contributed by atoms with Crippen LogP contribution in [0.5, 0.6) is 0 Å². The lowest BCUT2D eigenvalue weighted by atomic mass is 9.99. The van der Waals surface area contributed by atoms with E-state index in [2.05, 4.69) is 29.4 Å². The van der Waals surface area contributed by atoms with Crippen LogP contribution in [0.1, 0.15) is 50.7 Å². The summed E-state index contributed by atoms with van der Waals surface area (Å²) in [5, 5.41) is 7.46. The molecule has 0 saturated carbocycles. The molecule has 0 radical (unpaired) electrons. The standard InChI is InChI=1S/C23H38N4OS/c1-5-7-11-20(6-2)16-24-23(29)27-14-12-26(13-15-27)17-21(28)25-22-18(3)9-8-10-19(22)4/h8-10,20H,5-7,11-17H2,1-4H3,(H,24,29)(H,25,28)/p+1/t20-/m1/s1. The number of nitrogens with one attached hydrogen (secondary N) is 3. The predicted molar refractivity (Wildman–Crippen MR) is 126 cm³/mol. The maximum absolute atomic E-state index is 12.5. The molecule has 1 aliphatic rings. The molecule has 0 aromatic heterocycles. The molecule has 29 heavy (non-hydrogen) atoms. The number of hydrogen-bond acceptors (Lipinski definition) is 2. The van der Waals surface area contributed by atoms with Crippen molar-refractivity contribution in [2.24, 2.45) is 5.92 Å². The highest BCUT2D eigenvalue weighted by Gasteiger charge is 2.24. The molecule has 0 spiro atoms. The minimum absolute atomic E-state index is 0.0910. The molecule has 1 amide bonds. The van der Waals surface area contributed by atoms with E-state index in [1.54, 1.807) is 0 Å². The second kappa shape index (κ2) is 12.1. The van der Waals surface area contributed by atoms with Crippen LogP contribution in [0.15, 0.2) is 18.2 Å². The Morgan fingerprint density at radius 3 is 2.45 bits per heavy atom. The highest BCUT2D eigenvalue weighted by molar-refractivity contribution is 7.80. The Bertz CT molecular complexity index is 651. The fourth-order valence-corrected chi connectivity index (χ4v) is 4.18. The number of amides is 1. The minimum atomic E-state index is 0.0910. The fourth-order valence-electron chi connectivity index (χ4n) is 3.91. The molecule has 1 saturated heterocycles. The van der Waals surface area contributed by atoms with Gasteiger partial charge in [-0.2, -0.15) is 0 Å². The van der Waals surface area contributed by atoms with Crippen molar-refractivity contribution in [3.63, 3.8) is 0 Å². The number of hydrogen-bond donors (Lipinski definition) is 3. The number of para-hydroxylation sites is 1. The smallest absolute Gasteiger partial charge is 0.279 e. The normalized spacial score (nSPS) is 15.8. The van der Waals surface area contributed by atoms with Crippen LogP contribution < -0.4 is 15.5 Å². The maximum Gasteiger partial charge on any atom is 0.279 e. The van der Waals surface area contributed by atoms with Crippen molar-refractivity contribution < 1.29 is 9.69 Å². The predicted octanol–water partition coefficient (Wildman–Crippen LogP) is 2.53. The van der Waals surface area contributed by atoms with E-state index in [0.29, 0.717) is 12.5 Å². The van der Waals surface area contributed by atoms with Gasteiger partial charge in [0.15, 0.2) is 11.7 Å². The van der Waals surface area contributed by atoms with Crippen molar-refractivity contribution in [3.8, 4) is 0 Å².